The molecule has 0 radical (unpaired) electrons. The average molecular weight is 663 g/mol. The summed E-state index contributed by atoms with van der Waals surface area (Å²) in [5, 5.41) is 49.0. The number of ether oxygens (including phenoxy) is 4. The van der Waals surface area contributed by atoms with Gasteiger partial charge in [0.15, 0.2) is 24.0 Å². The van der Waals surface area contributed by atoms with Crippen LogP contribution in [0.25, 0.3) is 11.2 Å². The van der Waals surface area contributed by atoms with Gasteiger partial charge in [-0.2, -0.15) is 4.31 Å². The van der Waals surface area contributed by atoms with Gasteiger partial charge in [0.1, 0.15) is 60.7 Å². The molecule has 4 heterocycles. The van der Waals surface area contributed by atoms with E-state index in [1.807, 2.05) is 0 Å². The van der Waals surface area contributed by atoms with Crippen LogP contribution in [-0.4, -0.2) is 133 Å². The molecule has 0 saturated carbocycles. The Morgan fingerprint density at radius 2 is 1.79 bits per heavy atom. The van der Waals surface area contributed by atoms with Crippen LogP contribution in [0.3, 0.4) is 0 Å². The number of nitrogens with two attached hydrogens (primary N) is 1. The smallest absolute Gasteiger partial charge is 0.394 e. The molecule has 23 heteroatoms. The Morgan fingerprint density at radius 3 is 2.43 bits per heavy atom. The molecule has 2 unspecified atom stereocenters. The van der Waals surface area contributed by atoms with E-state index >= 15 is 0 Å². The molecular formula is C19H31N5O15P2S. The number of fused-ring (bicyclic) bond motifs is 1. The number of aromatic nitrogens is 4. The van der Waals surface area contributed by atoms with Crippen molar-refractivity contribution in [3.8, 4) is 0 Å². The number of nitrogens with zero attached hydrogens (tertiary/aromatic N) is 4. The number of hydrogen-bond donors (Lipinski definition) is 8. The zero-order valence-corrected chi connectivity index (χ0v) is 24.6. The Hall–Kier alpha value is -1.36. The van der Waals surface area contributed by atoms with Gasteiger partial charge >= 0.3 is 14.6 Å². The molecule has 2 fully saturated rings. The van der Waals surface area contributed by atoms with Crippen molar-refractivity contribution in [2.24, 2.45) is 0 Å². The molecule has 0 aromatic carbocycles. The summed E-state index contributed by atoms with van der Waals surface area (Å²) in [5.41, 5.74) is 6.48. The first-order valence-electron chi connectivity index (χ1n) is 12.1. The standard InChI is InChI=1S/C19H31N5O15P2S/c1-33-14-8(36-18(15(14)34-2)24-6-23-9-16(20)21-5-22-17(9)24)4-35-41(32,42)39-40(30,31)38-19-12(29)10(27)11(28)13(37-19)7(26)3-25/h5-8,10-15,18-19,25-29H,3-4H2,1-2H3,(H,30,31)(H,32,42)(H2,20,21,22)/t7-,8-,10+,11+,12+,13-,14-,15-,18-,19+,41?/m1/s1. The highest BCUT2D eigenvalue weighted by atomic mass is 32.7. The van der Waals surface area contributed by atoms with Crippen LogP contribution in [0.15, 0.2) is 12.7 Å². The zero-order chi connectivity index (χ0) is 31.0. The van der Waals surface area contributed by atoms with E-state index in [0.717, 1.165) is 0 Å². The van der Waals surface area contributed by atoms with Gasteiger partial charge in [-0.25, -0.2) is 24.1 Å². The highest BCUT2D eigenvalue weighted by Crippen LogP contribution is 2.66. The van der Waals surface area contributed by atoms with Crippen molar-refractivity contribution in [1.82, 2.24) is 19.5 Å². The van der Waals surface area contributed by atoms with Crippen LogP contribution in [0.5, 0.6) is 0 Å². The van der Waals surface area contributed by atoms with Crippen LogP contribution in [0.1, 0.15) is 6.23 Å². The van der Waals surface area contributed by atoms with E-state index < -0.39 is 89.2 Å². The fraction of sp³-hybridized carbons (Fsp3) is 0.737. The van der Waals surface area contributed by atoms with Crippen molar-refractivity contribution in [3.05, 3.63) is 12.7 Å². The van der Waals surface area contributed by atoms with E-state index in [1.54, 1.807) is 0 Å². The molecule has 4 rings (SSSR count). The fourth-order valence-electron chi connectivity index (χ4n) is 4.51. The minimum absolute atomic E-state index is 0.134. The molecule has 2 aromatic rings. The lowest BCUT2D eigenvalue weighted by Gasteiger charge is -2.41. The number of anilines is 1. The van der Waals surface area contributed by atoms with Crippen LogP contribution >= 0.6 is 26.9 Å². The summed E-state index contributed by atoms with van der Waals surface area (Å²) in [5.74, 6) is 0.134. The number of imidazole rings is 1. The van der Waals surface area contributed by atoms with Gasteiger partial charge in [0, 0.05) is 14.2 Å². The minimum atomic E-state index is -5.44. The van der Waals surface area contributed by atoms with Crippen molar-refractivity contribution >= 4 is 43.9 Å². The minimum Gasteiger partial charge on any atom is -0.394 e. The molecule has 2 aromatic heterocycles. The monoisotopic (exact) mass is 663 g/mol. The maximum absolute atomic E-state index is 12.9. The lowest BCUT2D eigenvalue weighted by atomic mass is 9.96. The van der Waals surface area contributed by atoms with Crippen molar-refractivity contribution in [2.45, 2.75) is 61.3 Å². The van der Waals surface area contributed by atoms with Gasteiger partial charge in [0.2, 0.25) is 0 Å². The number of phosphoric acid groups is 1. The highest BCUT2D eigenvalue weighted by molar-refractivity contribution is 8.45. The number of phosphoric ester groups is 1. The summed E-state index contributed by atoms with van der Waals surface area (Å²) < 4.78 is 63.5. The molecule has 238 valence electrons. The van der Waals surface area contributed by atoms with Crippen LogP contribution in [0.4, 0.5) is 5.82 Å². The largest absolute Gasteiger partial charge is 0.482 e. The van der Waals surface area contributed by atoms with Gasteiger partial charge in [0.05, 0.1) is 19.5 Å². The number of aliphatic hydroxyl groups excluding tert-OH is 5. The summed E-state index contributed by atoms with van der Waals surface area (Å²) in [6.45, 7) is -6.23. The van der Waals surface area contributed by atoms with Gasteiger partial charge in [-0.1, -0.05) is 12.2 Å². The van der Waals surface area contributed by atoms with Gasteiger partial charge in [-0.3, -0.25) is 13.6 Å². The molecular weight excluding hydrogens is 632 g/mol. The fourth-order valence-corrected chi connectivity index (χ4v) is 7.70. The zero-order valence-electron chi connectivity index (χ0n) is 21.9. The lowest BCUT2D eigenvalue weighted by Crippen LogP contribution is -2.61. The number of thiol groups is 1. The summed E-state index contributed by atoms with van der Waals surface area (Å²) in [7, 11) is -2.69. The van der Waals surface area contributed by atoms with E-state index in [-0.39, 0.29) is 5.82 Å². The topological polar surface area (TPSA) is 290 Å². The van der Waals surface area contributed by atoms with Crippen molar-refractivity contribution in [2.75, 3.05) is 33.2 Å². The van der Waals surface area contributed by atoms with Gasteiger partial charge < -0.3 is 55.1 Å². The van der Waals surface area contributed by atoms with Gasteiger partial charge in [0.25, 0.3) is 0 Å². The molecule has 42 heavy (non-hydrogen) atoms. The number of hydrogen-bond acceptors (Lipinski definition) is 18. The van der Waals surface area contributed by atoms with Gasteiger partial charge in [-0.15, -0.1) is 0 Å². The van der Waals surface area contributed by atoms with E-state index in [0.29, 0.717) is 11.2 Å². The molecule has 0 amide bonds. The van der Waals surface area contributed by atoms with Crippen molar-refractivity contribution in [1.29, 1.82) is 0 Å². The van der Waals surface area contributed by atoms with E-state index in [1.165, 1.54) is 31.4 Å². The lowest BCUT2D eigenvalue weighted by molar-refractivity contribution is -0.292. The maximum atomic E-state index is 12.9. The molecule has 0 aliphatic carbocycles. The number of aliphatic hydroxyl groups is 5. The first kappa shape index (κ1) is 33.5. The summed E-state index contributed by atoms with van der Waals surface area (Å²) in [6, 6.07) is 0. The van der Waals surface area contributed by atoms with E-state index in [9.17, 15) is 34.4 Å². The summed E-state index contributed by atoms with van der Waals surface area (Å²) >= 11 is 3.70. The summed E-state index contributed by atoms with van der Waals surface area (Å²) in [6.07, 6.45) is -12.6. The number of nitrogen functional groups attached to an aromatic ring is 1. The molecule has 0 spiro atoms. The Labute approximate surface area is 242 Å². The SMILES string of the molecule is CO[C@@H]1[C@H](OC)[C@@H](COP(=O)(S)OP(=O)(O)O[C@@H]2O[C@H]([C@H](O)CO)[C@@H](O)[C@H](O)[C@@H]2O)O[C@H]1n1cnc2c(N)ncnc21. The van der Waals surface area contributed by atoms with E-state index in [2.05, 4.69) is 36.0 Å². The quantitative estimate of drug-likeness (QED) is 0.0873. The molecule has 2 aliphatic heterocycles. The predicted molar refractivity (Wildman–Crippen MR) is 140 cm³/mol. The third-order valence-electron chi connectivity index (χ3n) is 6.51. The Morgan fingerprint density at radius 1 is 1.10 bits per heavy atom. The second-order valence-corrected chi connectivity index (χ2v) is 13.6. The third kappa shape index (κ3) is 6.97. The maximum Gasteiger partial charge on any atom is 0.482 e. The molecule has 0 bridgehead atoms. The highest BCUT2D eigenvalue weighted by Gasteiger charge is 2.51. The van der Waals surface area contributed by atoms with Crippen LogP contribution in [0, 0.1) is 0 Å². The second kappa shape index (κ2) is 13.3. The molecule has 8 N–H and O–H groups in total. The second-order valence-electron chi connectivity index (χ2n) is 9.16. The van der Waals surface area contributed by atoms with Gasteiger partial charge in [-0.05, 0) is 0 Å². The normalized spacial score (nSPS) is 35.6. The average Bonchev–Trinajstić information content (AvgIpc) is 3.52. The van der Waals surface area contributed by atoms with E-state index in [4.69, 9.17) is 34.3 Å². The molecule has 2 saturated heterocycles. The molecule has 2 aliphatic rings. The predicted octanol–water partition coefficient (Wildman–Crippen LogP) is -2.32. The van der Waals surface area contributed by atoms with Crippen LogP contribution in [-0.2, 0) is 41.4 Å². The molecule has 20 nitrogen and oxygen atoms in total. The Bertz CT molecular complexity index is 1330. The van der Waals surface area contributed by atoms with Crippen LogP contribution < -0.4 is 5.73 Å². The first-order valence-corrected chi connectivity index (χ1v) is 16.2. The van der Waals surface area contributed by atoms with Crippen molar-refractivity contribution < 1.29 is 71.9 Å². The third-order valence-corrected chi connectivity index (χ3v) is 10.1. The van der Waals surface area contributed by atoms with Crippen molar-refractivity contribution in [3.63, 3.8) is 0 Å². The molecule has 12 atom stereocenters. The summed E-state index contributed by atoms with van der Waals surface area (Å²) in [4.78, 5) is 22.4. The Kier molecular flexibility index (Phi) is 10.6. The number of methoxy groups -OCH3 is 2. The number of rotatable bonds is 12. The van der Waals surface area contributed by atoms with Crippen LogP contribution in [0.2, 0.25) is 0 Å². The Balaban J connectivity index is 1.43. The first-order chi connectivity index (χ1) is 19.7.